The molecule has 24 heavy (non-hydrogen) atoms. The molecular formula is C17H20N2O5. The first kappa shape index (κ1) is 16.3. The Morgan fingerprint density at radius 1 is 1.29 bits per heavy atom. The summed E-state index contributed by atoms with van der Waals surface area (Å²) in [6, 6.07) is 7.00. The van der Waals surface area contributed by atoms with E-state index in [2.05, 4.69) is 5.32 Å². The van der Waals surface area contributed by atoms with Gasteiger partial charge in [0.1, 0.15) is 5.75 Å². The number of nitrogens with one attached hydrogen (secondary N) is 1. The van der Waals surface area contributed by atoms with Gasteiger partial charge in [0.2, 0.25) is 0 Å². The molecule has 1 unspecified atom stereocenters. The number of carbonyl (C=O) groups is 3. The monoisotopic (exact) mass is 332 g/mol. The third kappa shape index (κ3) is 2.70. The number of carbonyl (C=O) groups excluding carboxylic acids is 3. The number of amides is 2. The van der Waals surface area contributed by atoms with E-state index in [1.54, 1.807) is 29.2 Å². The van der Waals surface area contributed by atoms with Crippen molar-refractivity contribution >= 4 is 23.5 Å². The zero-order valence-electron chi connectivity index (χ0n) is 13.7. The van der Waals surface area contributed by atoms with E-state index in [1.165, 1.54) is 14.0 Å². The molecule has 0 aromatic heterocycles. The highest BCUT2D eigenvalue weighted by atomic mass is 16.5. The van der Waals surface area contributed by atoms with E-state index in [1.807, 2.05) is 0 Å². The van der Waals surface area contributed by atoms with Gasteiger partial charge in [0.25, 0.3) is 17.4 Å². The average molecular weight is 332 g/mol. The van der Waals surface area contributed by atoms with Crippen LogP contribution < -0.4 is 10.1 Å². The summed E-state index contributed by atoms with van der Waals surface area (Å²) in [6.07, 6.45) is 1.04. The number of hydrogen-bond acceptors (Lipinski definition) is 5. The van der Waals surface area contributed by atoms with Crippen molar-refractivity contribution in [1.29, 1.82) is 0 Å². The lowest BCUT2D eigenvalue weighted by Gasteiger charge is -2.39. The molecule has 1 aromatic carbocycles. The number of esters is 1. The number of hydrogen-bond donors (Lipinski definition) is 1. The van der Waals surface area contributed by atoms with Crippen LogP contribution in [0.4, 0.5) is 5.69 Å². The van der Waals surface area contributed by atoms with Crippen molar-refractivity contribution in [3.05, 3.63) is 24.3 Å². The fourth-order valence-corrected chi connectivity index (χ4v) is 3.09. The molecule has 2 aliphatic heterocycles. The molecule has 1 saturated heterocycles. The molecule has 0 saturated carbocycles. The molecule has 1 fully saturated rings. The number of benzene rings is 1. The van der Waals surface area contributed by atoms with E-state index in [-0.39, 0.29) is 11.9 Å². The average Bonchev–Trinajstić information content (AvgIpc) is 2.61. The molecule has 128 valence electrons. The fourth-order valence-electron chi connectivity index (χ4n) is 3.09. The van der Waals surface area contributed by atoms with Crippen LogP contribution in [-0.2, 0) is 19.1 Å². The molecule has 0 spiro atoms. The Bertz CT molecular complexity index is 681. The maximum absolute atomic E-state index is 12.9. The Labute approximate surface area is 139 Å². The standard InChI is InChI=1S/C17H20N2O5/c1-17(15(21)18-12-5-3-4-6-13(12)24-17)16(22)19-9-7-11(8-10-19)14(20)23-2/h3-6,11H,7-10H2,1-2H3,(H,18,21). The van der Waals surface area contributed by atoms with Crippen molar-refractivity contribution in [2.24, 2.45) is 5.92 Å². The molecule has 0 aliphatic carbocycles. The first-order chi connectivity index (χ1) is 11.5. The molecule has 1 atom stereocenters. The quantitative estimate of drug-likeness (QED) is 0.649. The second kappa shape index (κ2) is 6.14. The lowest BCUT2D eigenvalue weighted by Crippen LogP contribution is -2.60. The summed E-state index contributed by atoms with van der Waals surface area (Å²) in [4.78, 5) is 38.4. The summed E-state index contributed by atoms with van der Waals surface area (Å²) in [5.74, 6) is -0.862. The number of likely N-dealkylation sites (tertiary alicyclic amines) is 1. The van der Waals surface area contributed by atoms with Crippen molar-refractivity contribution in [2.45, 2.75) is 25.4 Å². The summed E-state index contributed by atoms with van der Waals surface area (Å²) in [5.41, 5.74) is -1.05. The molecule has 2 heterocycles. The van der Waals surface area contributed by atoms with Gasteiger partial charge < -0.3 is 19.7 Å². The fraction of sp³-hybridized carbons (Fsp3) is 0.471. The van der Waals surface area contributed by atoms with Crippen LogP contribution in [0.2, 0.25) is 0 Å². The predicted molar refractivity (Wildman–Crippen MR) is 85.4 cm³/mol. The van der Waals surface area contributed by atoms with E-state index < -0.39 is 17.4 Å². The van der Waals surface area contributed by atoms with E-state index in [9.17, 15) is 14.4 Å². The van der Waals surface area contributed by atoms with Crippen molar-refractivity contribution in [1.82, 2.24) is 4.90 Å². The van der Waals surface area contributed by atoms with Gasteiger partial charge in [-0.15, -0.1) is 0 Å². The number of ether oxygens (including phenoxy) is 2. The maximum Gasteiger partial charge on any atom is 0.308 e. The van der Waals surface area contributed by atoms with Crippen LogP contribution in [0.25, 0.3) is 0 Å². The molecular weight excluding hydrogens is 312 g/mol. The highest BCUT2D eigenvalue weighted by Gasteiger charge is 2.49. The largest absolute Gasteiger partial charge is 0.469 e. The van der Waals surface area contributed by atoms with Gasteiger partial charge in [0.05, 0.1) is 18.7 Å². The number of methoxy groups -OCH3 is 1. The number of piperidine rings is 1. The normalized spacial score (nSPS) is 23.8. The van der Waals surface area contributed by atoms with Gasteiger partial charge in [-0.2, -0.15) is 0 Å². The van der Waals surface area contributed by atoms with E-state index >= 15 is 0 Å². The maximum atomic E-state index is 12.9. The summed E-state index contributed by atoms with van der Waals surface area (Å²) >= 11 is 0. The molecule has 2 amide bonds. The minimum Gasteiger partial charge on any atom is -0.469 e. The Hall–Kier alpha value is -2.57. The second-order valence-corrected chi connectivity index (χ2v) is 6.18. The van der Waals surface area contributed by atoms with Gasteiger partial charge in [-0.3, -0.25) is 14.4 Å². The van der Waals surface area contributed by atoms with Crippen LogP contribution in [0.5, 0.6) is 5.75 Å². The first-order valence-electron chi connectivity index (χ1n) is 7.92. The van der Waals surface area contributed by atoms with E-state index in [0.717, 1.165) is 0 Å². The van der Waals surface area contributed by atoms with E-state index in [0.29, 0.717) is 37.4 Å². The van der Waals surface area contributed by atoms with Crippen LogP contribution >= 0.6 is 0 Å². The van der Waals surface area contributed by atoms with Gasteiger partial charge in [-0.25, -0.2) is 0 Å². The predicted octanol–water partition coefficient (Wildman–Crippen LogP) is 1.19. The number of rotatable bonds is 2. The van der Waals surface area contributed by atoms with Crippen molar-refractivity contribution in [2.75, 3.05) is 25.5 Å². The summed E-state index contributed by atoms with van der Waals surface area (Å²) in [7, 11) is 1.36. The van der Waals surface area contributed by atoms with Crippen LogP contribution in [0.15, 0.2) is 24.3 Å². The SMILES string of the molecule is COC(=O)C1CCN(C(=O)C2(C)Oc3ccccc3NC2=O)CC1. The number of anilines is 1. The summed E-state index contributed by atoms with van der Waals surface area (Å²) in [5, 5.41) is 2.72. The summed E-state index contributed by atoms with van der Waals surface area (Å²) in [6.45, 7) is 2.27. The molecule has 1 N–H and O–H groups in total. The minimum atomic E-state index is -1.60. The van der Waals surface area contributed by atoms with Gasteiger partial charge >= 0.3 is 5.97 Å². The van der Waals surface area contributed by atoms with Crippen LogP contribution in [0, 0.1) is 5.92 Å². The second-order valence-electron chi connectivity index (χ2n) is 6.18. The summed E-state index contributed by atoms with van der Waals surface area (Å²) < 4.78 is 10.5. The smallest absolute Gasteiger partial charge is 0.308 e. The number of para-hydroxylation sites is 2. The lowest BCUT2D eigenvalue weighted by molar-refractivity contribution is -0.158. The topological polar surface area (TPSA) is 84.9 Å². The molecule has 0 bridgehead atoms. The van der Waals surface area contributed by atoms with E-state index in [4.69, 9.17) is 9.47 Å². The van der Waals surface area contributed by atoms with Gasteiger partial charge in [-0.05, 0) is 31.9 Å². The molecule has 7 nitrogen and oxygen atoms in total. The number of fused-ring (bicyclic) bond motifs is 1. The zero-order valence-corrected chi connectivity index (χ0v) is 13.7. The third-order valence-corrected chi connectivity index (χ3v) is 4.61. The lowest BCUT2D eigenvalue weighted by atomic mass is 9.94. The molecule has 2 aliphatic rings. The highest BCUT2D eigenvalue weighted by Crippen LogP contribution is 2.34. The molecule has 3 rings (SSSR count). The molecule has 0 radical (unpaired) electrons. The first-order valence-corrected chi connectivity index (χ1v) is 7.92. The Morgan fingerprint density at radius 2 is 1.96 bits per heavy atom. The molecule has 7 heteroatoms. The van der Waals surface area contributed by atoms with Gasteiger partial charge in [0.15, 0.2) is 0 Å². The van der Waals surface area contributed by atoms with Gasteiger partial charge in [-0.1, -0.05) is 12.1 Å². The Kier molecular flexibility index (Phi) is 4.17. The zero-order chi connectivity index (χ0) is 17.3. The highest BCUT2D eigenvalue weighted by molar-refractivity contribution is 6.15. The van der Waals surface area contributed by atoms with Crippen LogP contribution in [0.3, 0.4) is 0 Å². The third-order valence-electron chi connectivity index (χ3n) is 4.61. The number of nitrogens with zero attached hydrogens (tertiary/aromatic N) is 1. The Balaban J connectivity index is 1.73. The van der Waals surface area contributed by atoms with Crippen LogP contribution in [-0.4, -0.2) is 48.5 Å². The van der Waals surface area contributed by atoms with Crippen molar-refractivity contribution < 1.29 is 23.9 Å². The van der Waals surface area contributed by atoms with Crippen molar-refractivity contribution in [3.8, 4) is 5.75 Å². The molecule has 1 aromatic rings. The Morgan fingerprint density at radius 3 is 2.62 bits per heavy atom. The van der Waals surface area contributed by atoms with Crippen LogP contribution in [0.1, 0.15) is 19.8 Å². The minimum absolute atomic E-state index is 0.200. The van der Waals surface area contributed by atoms with Gasteiger partial charge in [0, 0.05) is 13.1 Å². The van der Waals surface area contributed by atoms with Crippen molar-refractivity contribution in [3.63, 3.8) is 0 Å².